The van der Waals surface area contributed by atoms with E-state index in [-0.39, 0.29) is 12.1 Å². The van der Waals surface area contributed by atoms with Crippen molar-refractivity contribution in [3.05, 3.63) is 29.8 Å². The number of amides is 2. The fourth-order valence-electron chi connectivity index (χ4n) is 1.46. The molecule has 0 aliphatic carbocycles. The van der Waals surface area contributed by atoms with Crippen LogP contribution in [0.2, 0.25) is 0 Å². The monoisotopic (exact) mass is 289 g/mol. The lowest BCUT2D eigenvalue weighted by molar-refractivity contribution is -0.137. The van der Waals surface area contributed by atoms with Gasteiger partial charge in [-0.3, -0.25) is 0 Å². The van der Waals surface area contributed by atoms with Crippen molar-refractivity contribution in [2.24, 2.45) is 5.73 Å². The van der Waals surface area contributed by atoms with Gasteiger partial charge in [-0.1, -0.05) is 0 Å². The van der Waals surface area contributed by atoms with Crippen LogP contribution in [0.5, 0.6) is 0 Å². The molecule has 1 unspecified atom stereocenters. The Morgan fingerprint density at radius 2 is 1.90 bits per heavy atom. The van der Waals surface area contributed by atoms with E-state index in [1.54, 1.807) is 7.05 Å². The van der Waals surface area contributed by atoms with E-state index < -0.39 is 11.7 Å². The molecule has 1 rings (SSSR count). The minimum atomic E-state index is -4.38. The fraction of sp³-hybridized carbons (Fsp3) is 0.462. The quantitative estimate of drug-likeness (QED) is 0.895. The van der Waals surface area contributed by atoms with Crippen molar-refractivity contribution in [1.29, 1.82) is 0 Å². The predicted octanol–water partition coefficient (Wildman–Crippen LogP) is 2.91. The highest BCUT2D eigenvalue weighted by atomic mass is 19.4. The highest BCUT2D eigenvalue weighted by Gasteiger charge is 2.30. The van der Waals surface area contributed by atoms with Gasteiger partial charge in [0, 0.05) is 25.3 Å². The summed E-state index contributed by atoms with van der Waals surface area (Å²) in [6, 6.07) is 3.90. The lowest BCUT2D eigenvalue weighted by Gasteiger charge is -2.19. The molecule has 0 spiro atoms. The van der Waals surface area contributed by atoms with Gasteiger partial charge >= 0.3 is 12.2 Å². The van der Waals surface area contributed by atoms with Crippen LogP contribution < -0.4 is 11.1 Å². The number of nitrogens with two attached hydrogens (primary N) is 1. The van der Waals surface area contributed by atoms with Crippen LogP contribution in [0.25, 0.3) is 0 Å². The number of halogens is 3. The molecular formula is C13H18F3N3O. The van der Waals surface area contributed by atoms with Gasteiger partial charge in [0.15, 0.2) is 0 Å². The number of carbonyl (C=O) groups excluding carboxylic acids is 1. The Kier molecular flexibility index (Phi) is 5.38. The second-order valence-corrected chi connectivity index (χ2v) is 4.69. The summed E-state index contributed by atoms with van der Waals surface area (Å²) in [6.45, 7) is 2.31. The molecule has 20 heavy (non-hydrogen) atoms. The first kappa shape index (κ1) is 16.3. The lowest BCUT2D eigenvalue weighted by Crippen LogP contribution is -2.34. The third kappa shape index (κ3) is 5.08. The number of anilines is 1. The Balaban J connectivity index is 2.58. The summed E-state index contributed by atoms with van der Waals surface area (Å²) < 4.78 is 37.1. The van der Waals surface area contributed by atoms with Crippen LogP contribution in [0.4, 0.5) is 23.7 Å². The Labute approximate surface area is 115 Å². The van der Waals surface area contributed by atoms with E-state index in [4.69, 9.17) is 5.73 Å². The van der Waals surface area contributed by atoms with Gasteiger partial charge in [-0.05, 0) is 37.6 Å². The summed E-state index contributed by atoms with van der Waals surface area (Å²) in [7, 11) is 1.60. The third-order valence-electron chi connectivity index (χ3n) is 2.73. The van der Waals surface area contributed by atoms with E-state index in [0.29, 0.717) is 18.7 Å². The molecule has 1 aromatic rings. The topological polar surface area (TPSA) is 58.4 Å². The van der Waals surface area contributed by atoms with E-state index in [0.717, 1.165) is 12.1 Å². The van der Waals surface area contributed by atoms with E-state index in [1.807, 2.05) is 6.92 Å². The number of benzene rings is 1. The van der Waals surface area contributed by atoms with Crippen molar-refractivity contribution in [2.45, 2.75) is 25.6 Å². The second-order valence-electron chi connectivity index (χ2n) is 4.69. The van der Waals surface area contributed by atoms with Gasteiger partial charge in [0.1, 0.15) is 0 Å². The summed E-state index contributed by atoms with van der Waals surface area (Å²) >= 11 is 0. The van der Waals surface area contributed by atoms with Crippen molar-refractivity contribution < 1.29 is 18.0 Å². The smallest absolute Gasteiger partial charge is 0.328 e. The largest absolute Gasteiger partial charge is 0.416 e. The summed E-state index contributed by atoms with van der Waals surface area (Å²) in [5, 5.41) is 2.52. The number of nitrogens with one attached hydrogen (secondary N) is 1. The number of carbonyl (C=O) groups is 1. The van der Waals surface area contributed by atoms with Crippen LogP contribution in [0.3, 0.4) is 0 Å². The molecule has 4 nitrogen and oxygen atoms in total. The van der Waals surface area contributed by atoms with Crippen LogP contribution in [-0.4, -0.2) is 30.6 Å². The van der Waals surface area contributed by atoms with Gasteiger partial charge in [0.05, 0.1) is 5.56 Å². The minimum absolute atomic E-state index is 0.0173. The number of urea groups is 1. The Hall–Kier alpha value is -1.76. The first-order chi connectivity index (χ1) is 9.20. The number of hydrogen-bond donors (Lipinski definition) is 2. The molecule has 0 saturated carbocycles. The van der Waals surface area contributed by atoms with E-state index in [2.05, 4.69) is 5.32 Å². The zero-order valence-electron chi connectivity index (χ0n) is 11.4. The van der Waals surface area contributed by atoms with E-state index >= 15 is 0 Å². The Bertz CT molecular complexity index is 443. The molecule has 0 bridgehead atoms. The molecule has 0 aliphatic heterocycles. The summed E-state index contributed by atoms with van der Waals surface area (Å²) in [4.78, 5) is 13.2. The van der Waals surface area contributed by atoms with Crippen molar-refractivity contribution >= 4 is 11.7 Å². The average molecular weight is 289 g/mol. The van der Waals surface area contributed by atoms with E-state index in [9.17, 15) is 18.0 Å². The van der Waals surface area contributed by atoms with Gasteiger partial charge in [-0.15, -0.1) is 0 Å². The van der Waals surface area contributed by atoms with Gasteiger partial charge in [0.2, 0.25) is 0 Å². The van der Waals surface area contributed by atoms with Crippen LogP contribution in [0, 0.1) is 0 Å². The maximum absolute atomic E-state index is 12.4. The van der Waals surface area contributed by atoms with Crippen LogP contribution in [0.1, 0.15) is 18.9 Å². The highest BCUT2D eigenvalue weighted by Crippen LogP contribution is 2.29. The molecule has 0 saturated heterocycles. The summed E-state index contributed by atoms with van der Waals surface area (Å²) in [6.07, 6.45) is -3.73. The number of rotatable bonds is 4. The Morgan fingerprint density at radius 3 is 2.35 bits per heavy atom. The van der Waals surface area contributed by atoms with Crippen LogP contribution >= 0.6 is 0 Å². The second kappa shape index (κ2) is 6.60. The van der Waals surface area contributed by atoms with Crippen LogP contribution in [0.15, 0.2) is 24.3 Å². The molecule has 7 heteroatoms. The molecular weight excluding hydrogens is 271 g/mol. The molecule has 2 amide bonds. The third-order valence-corrected chi connectivity index (χ3v) is 2.73. The number of alkyl halides is 3. The molecule has 3 N–H and O–H groups in total. The van der Waals surface area contributed by atoms with Crippen molar-refractivity contribution in [3.63, 3.8) is 0 Å². The average Bonchev–Trinajstić information content (AvgIpc) is 2.35. The lowest BCUT2D eigenvalue weighted by atomic mass is 10.2. The van der Waals surface area contributed by atoms with Gasteiger partial charge in [0.25, 0.3) is 0 Å². The molecule has 0 fully saturated rings. The maximum Gasteiger partial charge on any atom is 0.416 e. The fourth-order valence-corrected chi connectivity index (χ4v) is 1.46. The summed E-state index contributed by atoms with van der Waals surface area (Å²) in [5.41, 5.74) is 5.15. The highest BCUT2D eigenvalue weighted by molar-refractivity contribution is 5.89. The number of nitrogens with zero attached hydrogens (tertiary/aromatic N) is 1. The van der Waals surface area contributed by atoms with Crippen molar-refractivity contribution in [1.82, 2.24) is 4.90 Å². The van der Waals surface area contributed by atoms with Gasteiger partial charge < -0.3 is 16.0 Å². The molecule has 0 aromatic heterocycles. The van der Waals surface area contributed by atoms with Crippen LogP contribution in [-0.2, 0) is 6.18 Å². The molecule has 0 aliphatic rings. The molecule has 0 radical (unpaired) electrons. The zero-order valence-corrected chi connectivity index (χ0v) is 11.4. The van der Waals surface area contributed by atoms with Crippen molar-refractivity contribution in [3.8, 4) is 0 Å². The van der Waals surface area contributed by atoms with Crippen molar-refractivity contribution in [2.75, 3.05) is 18.9 Å². The molecule has 1 atom stereocenters. The molecule has 112 valence electrons. The van der Waals surface area contributed by atoms with E-state index in [1.165, 1.54) is 17.0 Å². The minimum Gasteiger partial charge on any atom is -0.328 e. The Morgan fingerprint density at radius 1 is 1.35 bits per heavy atom. The predicted molar refractivity (Wildman–Crippen MR) is 71.4 cm³/mol. The molecule has 1 aromatic carbocycles. The summed E-state index contributed by atoms with van der Waals surface area (Å²) in [5.74, 6) is 0. The standard InChI is InChI=1S/C13H18F3N3O/c1-9(17)7-8-19(2)12(20)18-11-5-3-10(4-6-11)13(14,15)16/h3-6,9H,7-8,17H2,1-2H3,(H,18,20). The first-order valence-electron chi connectivity index (χ1n) is 6.15. The zero-order chi connectivity index (χ0) is 15.3. The SMILES string of the molecule is CC(N)CCN(C)C(=O)Nc1ccc(C(F)(F)F)cc1. The maximum atomic E-state index is 12.4. The van der Waals surface area contributed by atoms with Gasteiger partial charge in [-0.25, -0.2) is 4.79 Å². The normalized spacial score (nSPS) is 12.9. The first-order valence-corrected chi connectivity index (χ1v) is 6.15. The van der Waals surface area contributed by atoms with Gasteiger partial charge in [-0.2, -0.15) is 13.2 Å². The molecule has 0 heterocycles. The number of hydrogen-bond acceptors (Lipinski definition) is 2.